The standard InChI is InChI=1S/C33H60N2O4/c36-28-21-17-13-9-5-1-3-7-11-15-19-26-32(38)34-30-24-23-25-31(30)35-33(39)27-20-16-12-8-4-2-6-10-14-18-22-29-37/h19-20,26-27,30-31,36-37H,1-18,21-25,28-29H2,(H,34,38)(H,35,39)/t30-,31+. The quantitative estimate of drug-likeness (QED) is 0.0688. The van der Waals surface area contributed by atoms with Crippen LogP contribution in [0, 0.1) is 0 Å². The molecule has 6 heteroatoms. The van der Waals surface area contributed by atoms with E-state index >= 15 is 0 Å². The lowest BCUT2D eigenvalue weighted by Gasteiger charge is -2.21. The van der Waals surface area contributed by atoms with Gasteiger partial charge in [-0.25, -0.2) is 0 Å². The number of hydrogen-bond acceptors (Lipinski definition) is 4. The van der Waals surface area contributed by atoms with E-state index in [1.165, 1.54) is 77.0 Å². The van der Waals surface area contributed by atoms with Crippen LogP contribution in [0.2, 0.25) is 0 Å². The van der Waals surface area contributed by atoms with Gasteiger partial charge in [0.25, 0.3) is 0 Å². The van der Waals surface area contributed by atoms with Crippen LogP contribution < -0.4 is 10.6 Å². The van der Waals surface area contributed by atoms with Crippen molar-refractivity contribution in [2.24, 2.45) is 0 Å². The fraction of sp³-hybridized carbons (Fsp3) is 0.818. The van der Waals surface area contributed by atoms with Crippen molar-refractivity contribution >= 4 is 11.8 Å². The van der Waals surface area contributed by atoms with E-state index in [0.29, 0.717) is 13.2 Å². The minimum absolute atomic E-state index is 0.0144. The number of rotatable bonds is 26. The van der Waals surface area contributed by atoms with Crippen molar-refractivity contribution in [3.05, 3.63) is 24.3 Å². The zero-order valence-electron chi connectivity index (χ0n) is 24.9. The number of hydrogen-bond donors (Lipinski definition) is 4. The van der Waals surface area contributed by atoms with Crippen LogP contribution in [0.3, 0.4) is 0 Å². The molecule has 1 saturated carbocycles. The van der Waals surface area contributed by atoms with Crippen molar-refractivity contribution in [3.8, 4) is 0 Å². The molecule has 6 nitrogen and oxygen atoms in total. The molecule has 0 spiro atoms. The molecule has 226 valence electrons. The van der Waals surface area contributed by atoms with Crippen molar-refractivity contribution in [3.63, 3.8) is 0 Å². The molecule has 4 N–H and O–H groups in total. The van der Waals surface area contributed by atoms with E-state index in [9.17, 15) is 9.59 Å². The predicted octanol–water partition coefficient (Wildman–Crippen LogP) is 7.04. The van der Waals surface area contributed by atoms with Crippen LogP contribution in [-0.4, -0.2) is 47.3 Å². The normalized spacial score (nSPS) is 17.4. The zero-order chi connectivity index (χ0) is 28.2. The molecular formula is C33H60N2O4. The fourth-order valence-corrected chi connectivity index (χ4v) is 5.37. The van der Waals surface area contributed by atoms with Gasteiger partial charge in [-0.2, -0.15) is 0 Å². The average molecular weight is 549 g/mol. The van der Waals surface area contributed by atoms with Crippen molar-refractivity contribution < 1.29 is 19.8 Å². The Bertz CT molecular complexity index is 596. The van der Waals surface area contributed by atoms with E-state index in [1.54, 1.807) is 12.2 Å². The number of amides is 2. The smallest absolute Gasteiger partial charge is 0.243 e. The highest BCUT2D eigenvalue weighted by atomic mass is 16.3. The Morgan fingerprint density at radius 1 is 0.513 bits per heavy atom. The van der Waals surface area contributed by atoms with Crippen LogP contribution in [0.15, 0.2) is 24.3 Å². The Hall–Kier alpha value is -1.66. The highest BCUT2D eigenvalue weighted by Crippen LogP contribution is 2.19. The molecule has 0 bridgehead atoms. The largest absolute Gasteiger partial charge is 0.396 e. The lowest BCUT2D eigenvalue weighted by Crippen LogP contribution is -2.47. The second kappa shape index (κ2) is 26.6. The van der Waals surface area contributed by atoms with Crippen molar-refractivity contribution in [1.29, 1.82) is 0 Å². The first-order valence-corrected chi connectivity index (χ1v) is 16.3. The van der Waals surface area contributed by atoms with Crippen molar-refractivity contribution in [2.75, 3.05) is 13.2 Å². The number of aliphatic hydroxyl groups excluding tert-OH is 2. The first-order valence-electron chi connectivity index (χ1n) is 16.3. The number of nitrogens with one attached hydrogen (secondary N) is 2. The molecule has 0 aromatic rings. The van der Waals surface area contributed by atoms with Gasteiger partial charge in [0.05, 0.1) is 0 Å². The molecule has 0 heterocycles. The number of unbranched alkanes of at least 4 members (excludes halogenated alkanes) is 18. The zero-order valence-corrected chi connectivity index (χ0v) is 24.9. The average Bonchev–Trinajstić information content (AvgIpc) is 3.35. The lowest BCUT2D eigenvalue weighted by molar-refractivity contribution is -0.119. The highest BCUT2D eigenvalue weighted by molar-refractivity contribution is 5.89. The summed E-state index contributed by atoms with van der Waals surface area (Å²) in [5.74, 6) is -0.102. The number of carbonyl (C=O) groups excluding carboxylic acids is 2. The molecule has 1 aliphatic carbocycles. The van der Waals surface area contributed by atoms with E-state index in [2.05, 4.69) is 10.6 Å². The summed E-state index contributed by atoms with van der Waals surface area (Å²) in [5.41, 5.74) is 0. The first-order chi connectivity index (χ1) is 19.2. The van der Waals surface area contributed by atoms with Gasteiger partial charge in [0, 0.05) is 25.3 Å². The SMILES string of the molecule is O=C(C=CCCCCCCCCCCCO)N[C@H]1CCC[C@H]1NC(=O)C=CCCCCCCCCCCCO. The number of allylic oxidation sites excluding steroid dienone is 2. The van der Waals surface area contributed by atoms with E-state index < -0.39 is 0 Å². The van der Waals surface area contributed by atoms with Gasteiger partial charge < -0.3 is 20.8 Å². The van der Waals surface area contributed by atoms with Gasteiger partial charge in [-0.15, -0.1) is 0 Å². The summed E-state index contributed by atoms with van der Waals surface area (Å²) in [5, 5.41) is 23.8. The number of carbonyl (C=O) groups is 2. The highest BCUT2D eigenvalue weighted by Gasteiger charge is 2.28. The monoisotopic (exact) mass is 548 g/mol. The molecule has 0 aromatic heterocycles. The predicted molar refractivity (Wildman–Crippen MR) is 163 cm³/mol. The Morgan fingerprint density at radius 3 is 1.15 bits per heavy atom. The van der Waals surface area contributed by atoms with Gasteiger partial charge in [-0.3, -0.25) is 9.59 Å². The van der Waals surface area contributed by atoms with Crippen LogP contribution in [0.5, 0.6) is 0 Å². The minimum Gasteiger partial charge on any atom is -0.396 e. The van der Waals surface area contributed by atoms with Gasteiger partial charge in [0.1, 0.15) is 0 Å². The van der Waals surface area contributed by atoms with Crippen molar-refractivity contribution in [2.45, 2.75) is 160 Å². The molecule has 0 saturated heterocycles. The Labute approximate surface area is 239 Å². The summed E-state index contributed by atoms with van der Waals surface area (Å²) in [6.45, 7) is 0.632. The summed E-state index contributed by atoms with van der Waals surface area (Å²) >= 11 is 0. The molecule has 2 atom stereocenters. The third-order valence-corrected chi connectivity index (χ3v) is 7.77. The molecule has 0 aliphatic heterocycles. The van der Waals surface area contributed by atoms with Crippen LogP contribution >= 0.6 is 0 Å². The summed E-state index contributed by atoms with van der Waals surface area (Å²) in [7, 11) is 0. The molecule has 1 fully saturated rings. The molecule has 39 heavy (non-hydrogen) atoms. The second-order valence-corrected chi connectivity index (χ2v) is 11.4. The maximum atomic E-state index is 12.4. The Kier molecular flexibility index (Phi) is 24.1. The van der Waals surface area contributed by atoms with E-state index in [1.807, 2.05) is 12.2 Å². The van der Waals surface area contributed by atoms with Crippen LogP contribution in [0.1, 0.15) is 148 Å². The Morgan fingerprint density at radius 2 is 0.821 bits per heavy atom. The van der Waals surface area contributed by atoms with Crippen molar-refractivity contribution in [1.82, 2.24) is 10.6 Å². The molecule has 2 amide bonds. The van der Waals surface area contributed by atoms with Crippen LogP contribution in [-0.2, 0) is 9.59 Å². The minimum atomic E-state index is -0.0512. The first kappa shape index (κ1) is 35.4. The molecular weight excluding hydrogens is 488 g/mol. The van der Waals surface area contributed by atoms with E-state index in [-0.39, 0.29) is 23.9 Å². The molecule has 1 aliphatic rings. The topological polar surface area (TPSA) is 98.7 Å². The number of aliphatic hydroxyl groups is 2. The van der Waals surface area contributed by atoms with Gasteiger partial charge in [0.2, 0.25) is 11.8 Å². The summed E-state index contributed by atoms with van der Waals surface area (Å²) in [6.07, 6.45) is 33.5. The van der Waals surface area contributed by atoms with Gasteiger partial charge >= 0.3 is 0 Å². The third-order valence-electron chi connectivity index (χ3n) is 7.77. The molecule has 0 aromatic carbocycles. The second-order valence-electron chi connectivity index (χ2n) is 11.4. The van der Waals surface area contributed by atoms with E-state index in [0.717, 1.165) is 70.6 Å². The summed E-state index contributed by atoms with van der Waals surface area (Å²) in [4.78, 5) is 24.7. The maximum Gasteiger partial charge on any atom is 0.243 e. The van der Waals surface area contributed by atoms with Gasteiger partial charge in [0.15, 0.2) is 0 Å². The Balaban J connectivity index is 2.05. The summed E-state index contributed by atoms with van der Waals surface area (Å²) < 4.78 is 0. The molecule has 1 rings (SSSR count). The van der Waals surface area contributed by atoms with Gasteiger partial charge in [-0.05, 0) is 69.9 Å². The third kappa shape index (κ3) is 21.8. The molecule has 0 radical (unpaired) electrons. The van der Waals surface area contributed by atoms with Crippen LogP contribution in [0.25, 0.3) is 0 Å². The fourth-order valence-electron chi connectivity index (χ4n) is 5.37. The molecule has 0 unspecified atom stereocenters. The van der Waals surface area contributed by atoms with Gasteiger partial charge in [-0.1, -0.05) is 102 Å². The lowest BCUT2D eigenvalue weighted by atomic mass is 10.1. The summed E-state index contributed by atoms with van der Waals surface area (Å²) in [6, 6.07) is 0.0287. The van der Waals surface area contributed by atoms with E-state index in [4.69, 9.17) is 10.2 Å². The van der Waals surface area contributed by atoms with Crippen LogP contribution in [0.4, 0.5) is 0 Å². The maximum absolute atomic E-state index is 12.4.